The summed E-state index contributed by atoms with van der Waals surface area (Å²) in [5, 5.41) is 10.7. The third kappa shape index (κ3) is 79.9. The molecule has 0 rings (SSSR count). The van der Waals surface area contributed by atoms with E-state index >= 15 is 0 Å². The van der Waals surface area contributed by atoms with E-state index in [1.54, 1.807) is 0 Å². The van der Waals surface area contributed by atoms with Crippen molar-refractivity contribution < 1.29 is 80.2 Å². The first-order valence-corrected chi connectivity index (χ1v) is 47.6. The lowest BCUT2D eigenvalue weighted by Crippen LogP contribution is -2.30. The highest BCUT2D eigenvalue weighted by molar-refractivity contribution is 7.47. The smallest absolute Gasteiger partial charge is 0.462 e. The summed E-state index contributed by atoms with van der Waals surface area (Å²) in [6, 6.07) is 0. The number of hydrogen-bond acceptors (Lipinski definition) is 15. The van der Waals surface area contributed by atoms with Gasteiger partial charge in [0.2, 0.25) is 0 Å². The largest absolute Gasteiger partial charge is 0.472 e. The van der Waals surface area contributed by atoms with Gasteiger partial charge in [0, 0.05) is 25.7 Å². The van der Waals surface area contributed by atoms with Crippen LogP contribution in [0.3, 0.4) is 0 Å². The van der Waals surface area contributed by atoms with E-state index in [0.717, 1.165) is 95.8 Å². The third-order valence-electron chi connectivity index (χ3n) is 20.3. The fourth-order valence-corrected chi connectivity index (χ4v) is 15.1. The van der Waals surface area contributed by atoms with Crippen LogP contribution in [0.4, 0.5) is 0 Å². The molecule has 0 aromatic rings. The van der Waals surface area contributed by atoms with Crippen LogP contribution in [0.2, 0.25) is 0 Å². The molecule has 0 aromatic carbocycles. The first-order valence-electron chi connectivity index (χ1n) is 44.6. The van der Waals surface area contributed by atoms with Gasteiger partial charge in [-0.3, -0.25) is 37.3 Å². The van der Waals surface area contributed by atoms with Gasteiger partial charge < -0.3 is 33.8 Å². The number of carbonyl (C=O) groups excluding carboxylic acids is 4. The minimum Gasteiger partial charge on any atom is -0.462 e. The zero-order valence-corrected chi connectivity index (χ0v) is 70.7. The molecule has 0 aliphatic carbocycles. The summed E-state index contributed by atoms with van der Waals surface area (Å²) in [5.41, 5.74) is 0. The van der Waals surface area contributed by atoms with Gasteiger partial charge in [-0.2, -0.15) is 0 Å². The molecule has 0 spiro atoms. The van der Waals surface area contributed by atoms with Crippen LogP contribution in [-0.2, 0) is 65.4 Å². The van der Waals surface area contributed by atoms with E-state index in [1.807, 2.05) is 0 Å². The number of rotatable bonds is 86. The van der Waals surface area contributed by atoms with Crippen molar-refractivity contribution in [1.29, 1.82) is 0 Å². The molecule has 0 fully saturated rings. The summed E-state index contributed by atoms with van der Waals surface area (Å²) in [5.74, 6) is -1.29. The molecule has 105 heavy (non-hydrogen) atoms. The van der Waals surface area contributed by atoms with E-state index < -0.39 is 97.5 Å². The predicted molar refractivity (Wildman–Crippen MR) is 432 cm³/mol. The molecule has 0 bridgehead atoms. The maximum absolute atomic E-state index is 13.1. The zero-order chi connectivity index (χ0) is 76.9. The quantitative estimate of drug-likeness (QED) is 0.0222. The van der Waals surface area contributed by atoms with Crippen molar-refractivity contribution in [3.63, 3.8) is 0 Å². The molecular weight excluding hydrogens is 1370 g/mol. The Balaban J connectivity index is 5.20. The number of aliphatic hydroxyl groups excluding tert-OH is 1. The van der Waals surface area contributed by atoms with Crippen molar-refractivity contribution in [2.75, 3.05) is 39.6 Å². The van der Waals surface area contributed by atoms with Crippen molar-refractivity contribution in [3.05, 3.63) is 0 Å². The minimum atomic E-state index is -4.96. The molecule has 0 saturated carbocycles. The molecule has 0 aliphatic heterocycles. The Hall–Kier alpha value is -1.94. The second kappa shape index (κ2) is 78.7. The lowest BCUT2D eigenvalue weighted by Gasteiger charge is -2.21. The first kappa shape index (κ1) is 103. The Morgan fingerprint density at radius 2 is 0.438 bits per heavy atom. The molecule has 17 nitrogen and oxygen atoms in total. The molecule has 0 radical (unpaired) electrons. The topological polar surface area (TPSA) is 237 Å². The maximum Gasteiger partial charge on any atom is 0.472 e. The number of esters is 4. The molecule has 5 atom stereocenters. The predicted octanol–water partition coefficient (Wildman–Crippen LogP) is 26.4. The molecule has 0 saturated heterocycles. The van der Waals surface area contributed by atoms with Gasteiger partial charge in [0.25, 0.3) is 0 Å². The fourth-order valence-electron chi connectivity index (χ4n) is 13.5. The highest BCUT2D eigenvalue weighted by Gasteiger charge is 2.30. The molecule has 2 unspecified atom stereocenters. The van der Waals surface area contributed by atoms with Crippen LogP contribution in [0.15, 0.2) is 0 Å². The summed E-state index contributed by atoms with van der Waals surface area (Å²) >= 11 is 0. The summed E-state index contributed by atoms with van der Waals surface area (Å²) in [7, 11) is -9.92. The minimum absolute atomic E-state index is 0.109. The number of hydrogen-bond donors (Lipinski definition) is 3. The Bertz CT molecular complexity index is 2000. The zero-order valence-electron chi connectivity index (χ0n) is 68.9. The van der Waals surface area contributed by atoms with E-state index in [1.165, 1.54) is 289 Å². The van der Waals surface area contributed by atoms with Crippen molar-refractivity contribution in [2.45, 2.75) is 483 Å². The Labute approximate surface area is 645 Å². The van der Waals surface area contributed by atoms with Crippen molar-refractivity contribution in [1.82, 2.24) is 0 Å². The highest BCUT2D eigenvalue weighted by atomic mass is 31.2. The summed E-state index contributed by atoms with van der Waals surface area (Å²) in [4.78, 5) is 73.2. The van der Waals surface area contributed by atoms with Crippen LogP contribution in [0.25, 0.3) is 0 Å². The maximum atomic E-state index is 13.1. The Morgan fingerprint density at radius 1 is 0.257 bits per heavy atom. The van der Waals surface area contributed by atoms with Crippen LogP contribution in [0.5, 0.6) is 0 Å². The number of carbonyl (C=O) groups is 4. The number of ether oxygens (including phenoxy) is 4. The first-order chi connectivity index (χ1) is 51.0. The van der Waals surface area contributed by atoms with Crippen LogP contribution >= 0.6 is 15.6 Å². The molecule has 3 N–H and O–H groups in total. The van der Waals surface area contributed by atoms with Crippen LogP contribution in [-0.4, -0.2) is 96.7 Å². The van der Waals surface area contributed by atoms with Gasteiger partial charge >= 0.3 is 39.5 Å². The lowest BCUT2D eigenvalue weighted by molar-refractivity contribution is -0.161. The lowest BCUT2D eigenvalue weighted by atomic mass is 10.0. The van der Waals surface area contributed by atoms with Gasteiger partial charge in [0.05, 0.1) is 26.4 Å². The average Bonchev–Trinajstić information content (AvgIpc) is 0.909. The molecule has 0 amide bonds. The molecule has 0 aliphatic rings. The van der Waals surface area contributed by atoms with Crippen LogP contribution in [0.1, 0.15) is 465 Å². The second-order valence-corrected chi connectivity index (χ2v) is 34.3. The van der Waals surface area contributed by atoms with E-state index in [9.17, 15) is 43.2 Å². The van der Waals surface area contributed by atoms with Gasteiger partial charge in [-0.1, -0.05) is 413 Å². The highest BCUT2D eigenvalue weighted by Crippen LogP contribution is 2.45. The monoisotopic (exact) mass is 1540 g/mol. The summed E-state index contributed by atoms with van der Waals surface area (Å²) < 4.78 is 68.9. The number of unbranched alkanes of at least 4 members (excludes halogenated alkanes) is 58. The van der Waals surface area contributed by atoms with E-state index in [0.29, 0.717) is 25.7 Å². The van der Waals surface area contributed by atoms with Crippen molar-refractivity contribution >= 4 is 39.5 Å². The van der Waals surface area contributed by atoms with Crippen molar-refractivity contribution in [3.8, 4) is 0 Å². The standard InChI is InChI=1S/C86H168O17P2/c1-6-9-12-15-18-21-23-25-27-29-31-32-34-38-43-47-52-57-62-67-72-86(91)103-82(76-97-84(89)70-65-60-55-50-45-41-39-35-36-40-44-49-53-58-63-68-79(4)5)78-101-105(94,95)99-74-80(87)73-98-104(92,93)100-77-81(75-96-83(88)69-64-59-54-48-20-17-14-11-8-3)102-85(90)71-66-61-56-51-46-42-37-33-30-28-26-24-22-19-16-13-10-7-2/h79-82,87H,6-78H2,1-5H3,(H,92,93)(H,94,95)/t80-,81+,82+/m0/s1. The molecule has 624 valence electrons. The van der Waals surface area contributed by atoms with Gasteiger partial charge in [-0.05, 0) is 31.6 Å². The summed E-state index contributed by atoms with van der Waals surface area (Å²) in [6.07, 6.45) is 72.3. The summed E-state index contributed by atoms with van der Waals surface area (Å²) in [6.45, 7) is 7.38. The molecule has 19 heteroatoms. The van der Waals surface area contributed by atoms with E-state index in [-0.39, 0.29) is 25.7 Å². The third-order valence-corrected chi connectivity index (χ3v) is 22.2. The van der Waals surface area contributed by atoms with E-state index in [4.69, 9.17) is 37.0 Å². The SMILES string of the molecule is CCCCCCCCCCCCCCCCCCCCCCC(=O)O[C@H](COC(=O)CCCCCCCCCCCCCCCCCC(C)C)COP(=O)(O)OC[C@@H](O)COP(=O)(O)OC[C@@H](COC(=O)CCCCCCCCCCC)OC(=O)CCCCCCCCCCCCCCCCCCCC. The van der Waals surface area contributed by atoms with Gasteiger partial charge in [-0.15, -0.1) is 0 Å². The normalized spacial score (nSPS) is 13.8. The average molecular weight is 1540 g/mol. The number of phosphoric ester groups is 2. The van der Waals surface area contributed by atoms with Crippen LogP contribution < -0.4 is 0 Å². The molecular formula is C86H168O17P2. The van der Waals surface area contributed by atoms with E-state index in [2.05, 4.69) is 34.6 Å². The Kier molecular flexibility index (Phi) is 77.3. The van der Waals surface area contributed by atoms with Crippen LogP contribution in [0, 0.1) is 5.92 Å². The van der Waals surface area contributed by atoms with Gasteiger partial charge in [0.1, 0.15) is 19.3 Å². The number of phosphoric acid groups is 2. The molecule has 0 heterocycles. The molecule has 0 aromatic heterocycles. The fraction of sp³-hybridized carbons (Fsp3) is 0.953. The van der Waals surface area contributed by atoms with Gasteiger partial charge in [-0.25, -0.2) is 9.13 Å². The second-order valence-electron chi connectivity index (χ2n) is 31.4. The van der Waals surface area contributed by atoms with Crippen molar-refractivity contribution in [2.24, 2.45) is 5.92 Å². The van der Waals surface area contributed by atoms with Gasteiger partial charge in [0.15, 0.2) is 12.2 Å². The Morgan fingerprint density at radius 3 is 0.648 bits per heavy atom. The number of aliphatic hydroxyl groups is 1.